The van der Waals surface area contributed by atoms with Crippen LogP contribution in [-0.2, 0) is 27.5 Å². The monoisotopic (exact) mass is 531 g/mol. The van der Waals surface area contributed by atoms with Crippen molar-refractivity contribution in [3.8, 4) is 23.5 Å². The highest BCUT2D eigenvalue weighted by Crippen LogP contribution is 2.30. The predicted octanol–water partition coefficient (Wildman–Crippen LogP) is 4.36. The minimum absolute atomic E-state index is 0.0103. The Morgan fingerprint density at radius 2 is 1.84 bits per heavy atom. The molecule has 192 valence electrons. The minimum atomic E-state index is -4.56. The molecule has 0 saturated carbocycles. The SMILES string of the molecule is C#Cc1cc(CNC(=O)C2CCCN2S(=O)(=O)c2ccc(F)cc2)cc(-c2ccc(C(F)(F)F)nc2)c1. The molecule has 1 atom stereocenters. The van der Waals surface area contributed by atoms with Crippen LogP contribution in [0.15, 0.2) is 65.7 Å². The Kier molecular flexibility index (Phi) is 7.34. The fraction of sp³-hybridized carbons (Fsp3) is 0.231. The van der Waals surface area contributed by atoms with Crippen molar-refractivity contribution in [1.82, 2.24) is 14.6 Å². The second kappa shape index (κ2) is 10.3. The summed E-state index contributed by atoms with van der Waals surface area (Å²) in [5, 5.41) is 2.72. The van der Waals surface area contributed by atoms with Gasteiger partial charge in [0.15, 0.2) is 0 Å². The van der Waals surface area contributed by atoms with Crippen LogP contribution < -0.4 is 5.32 Å². The molecule has 6 nitrogen and oxygen atoms in total. The van der Waals surface area contributed by atoms with Crippen LogP contribution in [0, 0.1) is 18.2 Å². The second-order valence-electron chi connectivity index (χ2n) is 8.44. The van der Waals surface area contributed by atoms with E-state index in [0.29, 0.717) is 35.1 Å². The van der Waals surface area contributed by atoms with E-state index in [2.05, 4.69) is 16.2 Å². The van der Waals surface area contributed by atoms with Crippen molar-refractivity contribution in [2.24, 2.45) is 0 Å². The Morgan fingerprint density at radius 1 is 1.11 bits per heavy atom. The van der Waals surface area contributed by atoms with E-state index in [0.717, 1.165) is 40.8 Å². The Labute approximate surface area is 211 Å². The number of halogens is 4. The van der Waals surface area contributed by atoms with E-state index in [1.54, 1.807) is 18.2 Å². The highest BCUT2D eigenvalue weighted by molar-refractivity contribution is 7.89. The third-order valence-electron chi connectivity index (χ3n) is 5.94. The Bertz CT molecular complexity index is 1450. The Hall–Kier alpha value is -3.75. The molecule has 1 N–H and O–H groups in total. The number of carbonyl (C=O) groups is 1. The van der Waals surface area contributed by atoms with Crippen LogP contribution in [0.2, 0.25) is 0 Å². The first kappa shape index (κ1) is 26.3. The number of nitrogens with one attached hydrogen (secondary N) is 1. The molecule has 37 heavy (non-hydrogen) atoms. The lowest BCUT2D eigenvalue weighted by Crippen LogP contribution is -2.45. The number of hydrogen-bond acceptors (Lipinski definition) is 4. The number of terminal acetylenes is 1. The van der Waals surface area contributed by atoms with Crippen molar-refractivity contribution < 1.29 is 30.8 Å². The number of rotatable bonds is 6. The molecular weight excluding hydrogens is 510 g/mol. The lowest BCUT2D eigenvalue weighted by Gasteiger charge is -2.23. The van der Waals surface area contributed by atoms with Gasteiger partial charge in [-0.1, -0.05) is 12.0 Å². The Morgan fingerprint density at radius 3 is 2.46 bits per heavy atom. The summed E-state index contributed by atoms with van der Waals surface area (Å²) < 4.78 is 78.9. The lowest BCUT2D eigenvalue weighted by molar-refractivity contribution is -0.141. The van der Waals surface area contributed by atoms with Gasteiger partial charge in [0.2, 0.25) is 15.9 Å². The third kappa shape index (κ3) is 5.81. The van der Waals surface area contributed by atoms with Crippen LogP contribution in [-0.4, -0.2) is 36.2 Å². The number of nitrogens with zero attached hydrogens (tertiary/aromatic N) is 2. The fourth-order valence-corrected chi connectivity index (χ4v) is 5.77. The van der Waals surface area contributed by atoms with E-state index < -0.39 is 39.7 Å². The highest BCUT2D eigenvalue weighted by atomic mass is 32.2. The van der Waals surface area contributed by atoms with E-state index in [1.807, 2.05) is 0 Å². The topological polar surface area (TPSA) is 79.4 Å². The van der Waals surface area contributed by atoms with Crippen molar-refractivity contribution >= 4 is 15.9 Å². The standard InChI is InChI=1S/C26H21F4N3O3S/c1-2-17-12-18(14-20(13-17)19-5-10-24(31-16-19)26(28,29)30)15-32-25(34)23-4-3-11-33(23)37(35,36)22-8-6-21(27)7-9-22/h1,5-10,12-14,16,23H,3-4,11,15H2,(H,32,34). The summed E-state index contributed by atoms with van der Waals surface area (Å²) in [5.41, 5.74) is 0.925. The van der Waals surface area contributed by atoms with Gasteiger partial charge in [-0.05, 0) is 72.5 Å². The van der Waals surface area contributed by atoms with Crippen LogP contribution in [0.4, 0.5) is 17.6 Å². The number of alkyl halides is 3. The molecule has 3 aromatic rings. The molecule has 4 rings (SSSR count). The van der Waals surface area contributed by atoms with E-state index >= 15 is 0 Å². The van der Waals surface area contributed by atoms with Crippen molar-refractivity contribution in [1.29, 1.82) is 0 Å². The van der Waals surface area contributed by atoms with Gasteiger partial charge in [0.1, 0.15) is 17.6 Å². The van der Waals surface area contributed by atoms with Gasteiger partial charge < -0.3 is 5.32 Å². The van der Waals surface area contributed by atoms with Crippen LogP contribution in [0.1, 0.15) is 29.7 Å². The molecular formula is C26H21F4N3O3S. The number of aromatic nitrogens is 1. The van der Waals surface area contributed by atoms with Crippen molar-refractivity contribution in [2.75, 3.05) is 6.54 Å². The van der Waals surface area contributed by atoms with Crippen LogP contribution in [0.5, 0.6) is 0 Å². The average molecular weight is 532 g/mol. The van der Waals surface area contributed by atoms with Crippen LogP contribution in [0.25, 0.3) is 11.1 Å². The lowest BCUT2D eigenvalue weighted by atomic mass is 10.0. The first-order chi connectivity index (χ1) is 17.5. The summed E-state index contributed by atoms with van der Waals surface area (Å²) in [6, 6.07) is 10.5. The Balaban J connectivity index is 1.51. The summed E-state index contributed by atoms with van der Waals surface area (Å²) in [6.45, 7) is 0.159. The quantitative estimate of drug-likeness (QED) is 0.379. The molecule has 1 aliphatic heterocycles. The molecule has 1 aliphatic rings. The molecule has 1 fully saturated rings. The zero-order valence-corrected chi connectivity index (χ0v) is 20.1. The molecule has 11 heteroatoms. The smallest absolute Gasteiger partial charge is 0.351 e. The first-order valence-corrected chi connectivity index (χ1v) is 12.6. The number of sulfonamides is 1. The molecule has 1 aromatic heterocycles. The normalized spacial score (nSPS) is 16.4. The maximum absolute atomic E-state index is 13.2. The second-order valence-corrected chi connectivity index (χ2v) is 10.3. The van der Waals surface area contributed by atoms with Crippen molar-refractivity contribution in [2.45, 2.75) is 36.5 Å². The first-order valence-electron chi connectivity index (χ1n) is 11.2. The van der Waals surface area contributed by atoms with Gasteiger partial charge in [0, 0.05) is 30.4 Å². The molecule has 0 aliphatic carbocycles. The molecule has 0 spiro atoms. The number of carbonyl (C=O) groups excluding carboxylic acids is 1. The van der Waals surface area contributed by atoms with Gasteiger partial charge >= 0.3 is 6.18 Å². The van der Waals surface area contributed by atoms with Gasteiger partial charge in [-0.3, -0.25) is 9.78 Å². The van der Waals surface area contributed by atoms with E-state index in [9.17, 15) is 30.8 Å². The van der Waals surface area contributed by atoms with Crippen molar-refractivity contribution in [3.63, 3.8) is 0 Å². The van der Waals surface area contributed by atoms with Gasteiger partial charge in [-0.2, -0.15) is 17.5 Å². The summed E-state index contributed by atoms with van der Waals surface area (Å²) in [6.07, 6.45) is 2.87. The highest BCUT2D eigenvalue weighted by Gasteiger charge is 2.39. The fourth-order valence-electron chi connectivity index (χ4n) is 4.12. The summed E-state index contributed by atoms with van der Waals surface area (Å²) in [4.78, 5) is 16.3. The molecule has 0 bridgehead atoms. The van der Waals surface area contributed by atoms with Gasteiger partial charge in [-0.15, -0.1) is 6.42 Å². The van der Waals surface area contributed by atoms with Crippen LogP contribution >= 0.6 is 0 Å². The van der Waals surface area contributed by atoms with E-state index in [-0.39, 0.29) is 18.0 Å². The largest absolute Gasteiger partial charge is 0.433 e. The molecule has 1 amide bonds. The van der Waals surface area contributed by atoms with E-state index in [1.165, 1.54) is 6.07 Å². The number of pyridine rings is 1. The molecule has 0 radical (unpaired) electrons. The third-order valence-corrected chi connectivity index (χ3v) is 7.86. The number of benzene rings is 2. The number of amides is 1. The maximum atomic E-state index is 13.2. The zero-order chi connectivity index (χ0) is 26.8. The minimum Gasteiger partial charge on any atom is -0.351 e. The summed E-state index contributed by atoms with van der Waals surface area (Å²) >= 11 is 0. The molecule has 2 aromatic carbocycles. The summed E-state index contributed by atoms with van der Waals surface area (Å²) in [7, 11) is -4.01. The van der Waals surface area contributed by atoms with Gasteiger partial charge in [0.05, 0.1) is 4.90 Å². The maximum Gasteiger partial charge on any atom is 0.433 e. The van der Waals surface area contributed by atoms with E-state index in [4.69, 9.17) is 6.42 Å². The van der Waals surface area contributed by atoms with Gasteiger partial charge in [-0.25, -0.2) is 12.8 Å². The predicted molar refractivity (Wildman–Crippen MR) is 128 cm³/mol. The number of hydrogen-bond donors (Lipinski definition) is 1. The van der Waals surface area contributed by atoms with Gasteiger partial charge in [0.25, 0.3) is 0 Å². The molecule has 2 heterocycles. The van der Waals surface area contributed by atoms with Crippen LogP contribution in [0.3, 0.4) is 0 Å². The zero-order valence-electron chi connectivity index (χ0n) is 19.3. The average Bonchev–Trinajstić information content (AvgIpc) is 3.38. The van der Waals surface area contributed by atoms with Crippen molar-refractivity contribution in [3.05, 3.63) is 83.4 Å². The molecule has 1 unspecified atom stereocenters. The molecule has 1 saturated heterocycles. The summed E-state index contributed by atoms with van der Waals surface area (Å²) in [5.74, 6) is 1.40.